The van der Waals surface area contributed by atoms with Crippen molar-refractivity contribution in [1.29, 1.82) is 0 Å². The van der Waals surface area contributed by atoms with Gasteiger partial charge in [-0.3, -0.25) is 13.9 Å². The van der Waals surface area contributed by atoms with E-state index in [2.05, 4.69) is 21.2 Å². The van der Waals surface area contributed by atoms with Gasteiger partial charge in [-0.05, 0) is 91.6 Å². The molecule has 0 aromatic heterocycles. The van der Waals surface area contributed by atoms with E-state index < -0.39 is 28.5 Å². The number of nitrogens with zero attached hydrogens (tertiary/aromatic N) is 2. The Balaban J connectivity index is 1.56. The molecule has 0 heterocycles. The molecule has 1 unspecified atom stereocenters. The summed E-state index contributed by atoms with van der Waals surface area (Å²) in [5.74, 6) is -0.217. The van der Waals surface area contributed by atoms with Gasteiger partial charge in [0.15, 0.2) is 0 Å². The summed E-state index contributed by atoms with van der Waals surface area (Å²) in [6, 6.07) is 28.6. The highest BCUT2D eigenvalue weighted by molar-refractivity contribution is 9.10. The third-order valence-electron chi connectivity index (χ3n) is 8.33. The Kier molecular flexibility index (Phi) is 12.2. The van der Waals surface area contributed by atoms with Crippen molar-refractivity contribution < 1.29 is 22.7 Å². The highest BCUT2D eigenvalue weighted by Gasteiger charge is 2.35. The molecule has 0 saturated heterocycles. The molecule has 1 fully saturated rings. The van der Waals surface area contributed by atoms with Crippen LogP contribution in [-0.4, -0.2) is 50.4 Å². The van der Waals surface area contributed by atoms with Crippen LogP contribution in [0.5, 0.6) is 5.75 Å². The monoisotopic (exact) mass is 751 g/mol. The second-order valence-electron chi connectivity index (χ2n) is 11.7. The lowest BCUT2D eigenvalue weighted by Gasteiger charge is -2.34. The normalized spacial score (nSPS) is 13.9. The standard InChI is InChI=1S/C37H39BrClN3O5S/c1-2-47-33-19-17-32(18-20-33)42(48(45,46)34-21-15-30(39)16-22-34)26-36(43)41(25-28-11-8-12-29(38)23-28)35(24-27-9-4-3-5-10-27)37(44)40-31-13-6-7-14-31/h3-5,8-12,15-23,31,35H,2,6-7,13-14,24-26H2,1H3,(H,40,44). The lowest BCUT2D eigenvalue weighted by molar-refractivity contribution is -0.140. The van der Waals surface area contributed by atoms with Gasteiger partial charge < -0.3 is 15.0 Å². The van der Waals surface area contributed by atoms with Crippen LogP contribution in [0.25, 0.3) is 0 Å². The van der Waals surface area contributed by atoms with Gasteiger partial charge in [0, 0.05) is 28.5 Å². The molecule has 8 nitrogen and oxygen atoms in total. The van der Waals surface area contributed by atoms with E-state index in [1.54, 1.807) is 24.3 Å². The van der Waals surface area contributed by atoms with Gasteiger partial charge in [0.2, 0.25) is 11.8 Å². The van der Waals surface area contributed by atoms with Crippen LogP contribution in [-0.2, 0) is 32.6 Å². The van der Waals surface area contributed by atoms with Gasteiger partial charge in [0.05, 0.1) is 17.2 Å². The summed E-state index contributed by atoms with van der Waals surface area (Å²) in [7, 11) is -4.25. The summed E-state index contributed by atoms with van der Waals surface area (Å²) in [6.45, 7) is 1.85. The Hall–Kier alpha value is -3.86. The van der Waals surface area contributed by atoms with E-state index in [1.807, 2.05) is 61.5 Å². The molecule has 1 atom stereocenters. The van der Waals surface area contributed by atoms with E-state index in [0.29, 0.717) is 17.4 Å². The predicted molar refractivity (Wildman–Crippen MR) is 193 cm³/mol. The first-order valence-electron chi connectivity index (χ1n) is 16.0. The minimum Gasteiger partial charge on any atom is -0.494 e. The Morgan fingerprint density at radius 2 is 1.58 bits per heavy atom. The topological polar surface area (TPSA) is 96.0 Å². The first kappa shape index (κ1) is 35.4. The van der Waals surface area contributed by atoms with Gasteiger partial charge >= 0.3 is 0 Å². The van der Waals surface area contributed by atoms with Crippen molar-refractivity contribution in [2.75, 3.05) is 17.5 Å². The Morgan fingerprint density at radius 3 is 2.23 bits per heavy atom. The van der Waals surface area contributed by atoms with Crippen LogP contribution in [0.2, 0.25) is 5.02 Å². The van der Waals surface area contributed by atoms with E-state index in [9.17, 15) is 18.0 Å². The summed E-state index contributed by atoms with van der Waals surface area (Å²) in [5, 5.41) is 3.58. The molecule has 0 bridgehead atoms. The maximum Gasteiger partial charge on any atom is 0.264 e. The molecular formula is C37H39BrClN3O5S. The smallest absolute Gasteiger partial charge is 0.264 e. The van der Waals surface area contributed by atoms with Gasteiger partial charge in [-0.2, -0.15) is 0 Å². The number of benzene rings is 4. The number of halogens is 2. The average molecular weight is 753 g/mol. The van der Waals surface area contributed by atoms with Crippen molar-refractivity contribution in [3.63, 3.8) is 0 Å². The third-order valence-corrected chi connectivity index (χ3v) is 10.9. The van der Waals surface area contributed by atoms with Crippen LogP contribution in [0.4, 0.5) is 5.69 Å². The van der Waals surface area contributed by atoms with Crippen LogP contribution in [0.1, 0.15) is 43.7 Å². The maximum absolute atomic E-state index is 14.7. The number of rotatable bonds is 14. The summed E-state index contributed by atoms with van der Waals surface area (Å²) >= 11 is 9.61. The number of sulfonamides is 1. The predicted octanol–water partition coefficient (Wildman–Crippen LogP) is 7.40. The van der Waals surface area contributed by atoms with Crippen molar-refractivity contribution >= 4 is 55.1 Å². The van der Waals surface area contributed by atoms with Crippen LogP contribution >= 0.6 is 27.5 Å². The van der Waals surface area contributed by atoms with Crippen molar-refractivity contribution in [2.24, 2.45) is 0 Å². The van der Waals surface area contributed by atoms with E-state index in [1.165, 1.54) is 29.2 Å². The number of hydrogen-bond donors (Lipinski definition) is 1. The lowest BCUT2D eigenvalue weighted by atomic mass is 10.0. The molecular weight excluding hydrogens is 714 g/mol. The van der Waals surface area contributed by atoms with Crippen molar-refractivity contribution in [1.82, 2.24) is 10.2 Å². The highest BCUT2D eigenvalue weighted by Crippen LogP contribution is 2.28. The number of anilines is 1. The molecule has 5 rings (SSSR count). The Morgan fingerprint density at radius 1 is 0.917 bits per heavy atom. The average Bonchev–Trinajstić information content (AvgIpc) is 3.59. The molecule has 48 heavy (non-hydrogen) atoms. The van der Waals surface area contributed by atoms with Gasteiger partial charge in [0.25, 0.3) is 10.0 Å². The Labute approximate surface area is 296 Å². The molecule has 1 aliphatic carbocycles. The highest BCUT2D eigenvalue weighted by atomic mass is 79.9. The largest absolute Gasteiger partial charge is 0.494 e. The van der Waals surface area contributed by atoms with Gasteiger partial charge in [-0.15, -0.1) is 0 Å². The van der Waals surface area contributed by atoms with E-state index in [4.69, 9.17) is 16.3 Å². The molecule has 1 N–H and O–H groups in total. The molecule has 0 aliphatic heterocycles. The molecule has 2 amide bonds. The zero-order valence-electron chi connectivity index (χ0n) is 26.7. The fourth-order valence-electron chi connectivity index (χ4n) is 5.89. The number of ether oxygens (including phenoxy) is 1. The minimum absolute atomic E-state index is 0.0214. The van der Waals surface area contributed by atoms with Crippen LogP contribution < -0.4 is 14.4 Å². The Bertz CT molecular complexity index is 1780. The van der Waals surface area contributed by atoms with Gasteiger partial charge in [-0.1, -0.05) is 82.8 Å². The van der Waals surface area contributed by atoms with E-state index >= 15 is 0 Å². The summed E-state index contributed by atoms with van der Waals surface area (Å²) in [4.78, 5) is 30.3. The third kappa shape index (κ3) is 9.18. The summed E-state index contributed by atoms with van der Waals surface area (Å²) < 4.78 is 36.0. The van der Waals surface area contributed by atoms with Crippen molar-refractivity contribution in [2.45, 2.75) is 62.6 Å². The molecule has 252 valence electrons. The number of nitrogens with one attached hydrogen (secondary N) is 1. The first-order valence-corrected chi connectivity index (χ1v) is 18.6. The van der Waals surface area contributed by atoms with Gasteiger partial charge in [-0.25, -0.2) is 8.42 Å². The van der Waals surface area contributed by atoms with Crippen LogP contribution in [0.3, 0.4) is 0 Å². The quantitative estimate of drug-likeness (QED) is 0.145. The number of hydrogen-bond acceptors (Lipinski definition) is 5. The molecule has 0 radical (unpaired) electrons. The summed E-state index contributed by atoms with van der Waals surface area (Å²) in [5.41, 5.74) is 1.95. The summed E-state index contributed by atoms with van der Waals surface area (Å²) in [6.07, 6.45) is 4.10. The zero-order valence-corrected chi connectivity index (χ0v) is 29.9. The van der Waals surface area contributed by atoms with Crippen molar-refractivity contribution in [3.05, 3.63) is 124 Å². The van der Waals surface area contributed by atoms with Crippen LogP contribution in [0, 0.1) is 0 Å². The second-order valence-corrected chi connectivity index (χ2v) is 15.0. The molecule has 1 aliphatic rings. The lowest BCUT2D eigenvalue weighted by Crippen LogP contribution is -2.54. The number of carbonyl (C=O) groups is 2. The molecule has 4 aromatic rings. The first-order chi connectivity index (χ1) is 23.1. The SMILES string of the molecule is CCOc1ccc(N(CC(=O)N(Cc2cccc(Br)c2)C(Cc2ccccc2)C(=O)NC2CCCC2)S(=O)(=O)c2ccc(Cl)cc2)cc1. The second kappa shape index (κ2) is 16.5. The minimum atomic E-state index is -4.25. The molecule has 1 saturated carbocycles. The zero-order chi connectivity index (χ0) is 34.1. The molecule has 4 aromatic carbocycles. The maximum atomic E-state index is 14.7. The van der Waals surface area contributed by atoms with E-state index in [-0.39, 0.29) is 35.5 Å². The van der Waals surface area contributed by atoms with Gasteiger partial charge in [0.1, 0.15) is 18.3 Å². The van der Waals surface area contributed by atoms with Crippen molar-refractivity contribution in [3.8, 4) is 5.75 Å². The van der Waals surface area contributed by atoms with E-state index in [0.717, 1.165) is 45.6 Å². The van der Waals surface area contributed by atoms with Crippen LogP contribution in [0.15, 0.2) is 112 Å². The number of amides is 2. The molecule has 0 spiro atoms. The molecule has 11 heteroatoms. The number of carbonyl (C=O) groups excluding carboxylic acids is 2. The fraction of sp³-hybridized carbons (Fsp3) is 0.297. The fourth-order valence-corrected chi connectivity index (χ4v) is 7.88.